The molecule has 0 saturated heterocycles. The number of alkyl carbamates (subject to hydrolysis) is 1. The molecule has 0 aromatic rings. The minimum Gasteiger partial charge on any atom is -0.444 e. The zero-order valence-electron chi connectivity index (χ0n) is 14.8. The summed E-state index contributed by atoms with van der Waals surface area (Å²) in [7, 11) is 0. The van der Waals surface area contributed by atoms with Gasteiger partial charge in [0.1, 0.15) is 5.60 Å². The maximum Gasteiger partial charge on any atom is 0.407 e. The number of hydrogen-bond donors (Lipinski definition) is 2. The number of hydrogen-bond acceptors (Lipinski definition) is 3. The topological polar surface area (TPSA) is 50.4 Å². The van der Waals surface area contributed by atoms with Crippen LogP contribution in [0.2, 0.25) is 0 Å². The van der Waals surface area contributed by atoms with Crippen LogP contribution in [-0.2, 0) is 4.74 Å². The average molecular weight is 310 g/mol. The van der Waals surface area contributed by atoms with Gasteiger partial charge in [0.25, 0.3) is 0 Å². The fourth-order valence-corrected chi connectivity index (χ4v) is 3.91. The molecule has 0 aromatic heterocycles. The Kier molecular flexibility index (Phi) is 6.13. The van der Waals surface area contributed by atoms with Crippen LogP contribution in [0.25, 0.3) is 0 Å². The van der Waals surface area contributed by atoms with E-state index in [0.29, 0.717) is 12.1 Å². The van der Waals surface area contributed by atoms with Crippen LogP contribution in [0.15, 0.2) is 0 Å². The molecule has 4 heteroatoms. The minimum atomic E-state index is -0.423. The highest BCUT2D eigenvalue weighted by Crippen LogP contribution is 2.29. The van der Waals surface area contributed by atoms with E-state index in [0.717, 1.165) is 18.8 Å². The van der Waals surface area contributed by atoms with Crippen molar-refractivity contribution in [3.05, 3.63) is 0 Å². The van der Waals surface area contributed by atoms with E-state index in [9.17, 15) is 4.79 Å². The normalized spacial score (nSPS) is 28.4. The molecule has 2 aliphatic rings. The summed E-state index contributed by atoms with van der Waals surface area (Å²) in [6.07, 6.45) is 9.75. The Morgan fingerprint density at radius 3 is 2.32 bits per heavy atom. The first-order valence-corrected chi connectivity index (χ1v) is 9.09. The van der Waals surface area contributed by atoms with Crippen LogP contribution < -0.4 is 10.6 Å². The molecular formula is C18H34N2O2. The molecule has 0 spiro atoms. The van der Waals surface area contributed by atoms with Crippen LogP contribution in [0.1, 0.15) is 79.1 Å². The summed E-state index contributed by atoms with van der Waals surface area (Å²) < 4.78 is 5.37. The highest BCUT2D eigenvalue weighted by atomic mass is 16.6. The second-order valence-electron chi connectivity index (χ2n) is 8.21. The Hall–Kier alpha value is -0.770. The van der Waals surface area contributed by atoms with Gasteiger partial charge in [0.2, 0.25) is 0 Å². The number of amides is 1. The molecular weight excluding hydrogens is 276 g/mol. The lowest BCUT2D eigenvalue weighted by Gasteiger charge is -2.34. The summed E-state index contributed by atoms with van der Waals surface area (Å²) in [4.78, 5) is 11.9. The monoisotopic (exact) mass is 310 g/mol. The van der Waals surface area contributed by atoms with Crippen LogP contribution in [0.3, 0.4) is 0 Å². The Balaban J connectivity index is 1.75. The minimum absolute atomic E-state index is 0.247. The number of carbonyl (C=O) groups excluding carboxylic acids is 1. The lowest BCUT2D eigenvalue weighted by molar-refractivity contribution is 0.0487. The first-order chi connectivity index (χ1) is 10.3. The largest absolute Gasteiger partial charge is 0.444 e. The Bertz CT molecular complexity index is 359. The fraction of sp³-hybridized carbons (Fsp3) is 0.944. The summed E-state index contributed by atoms with van der Waals surface area (Å²) in [5.74, 6) is 0.846. The smallest absolute Gasteiger partial charge is 0.407 e. The molecule has 2 aliphatic carbocycles. The van der Waals surface area contributed by atoms with Crippen LogP contribution >= 0.6 is 0 Å². The molecule has 0 aliphatic heterocycles. The first-order valence-electron chi connectivity index (χ1n) is 9.09. The lowest BCUT2D eigenvalue weighted by atomic mass is 9.89. The molecule has 128 valence electrons. The van der Waals surface area contributed by atoms with Gasteiger partial charge in [-0.05, 0) is 72.1 Å². The van der Waals surface area contributed by atoms with Gasteiger partial charge < -0.3 is 15.4 Å². The van der Waals surface area contributed by atoms with Crippen molar-refractivity contribution < 1.29 is 9.53 Å². The van der Waals surface area contributed by atoms with Gasteiger partial charge in [0.05, 0.1) is 0 Å². The van der Waals surface area contributed by atoms with E-state index in [2.05, 4.69) is 17.6 Å². The van der Waals surface area contributed by atoms with Gasteiger partial charge in [-0.1, -0.05) is 12.8 Å². The molecule has 2 fully saturated rings. The summed E-state index contributed by atoms with van der Waals surface area (Å²) in [5.41, 5.74) is -0.423. The molecule has 2 unspecified atom stereocenters. The van der Waals surface area contributed by atoms with E-state index in [1.165, 1.54) is 38.5 Å². The Labute approximate surface area is 135 Å². The molecule has 0 heterocycles. The van der Waals surface area contributed by atoms with E-state index in [4.69, 9.17) is 4.74 Å². The van der Waals surface area contributed by atoms with Crippen molar-refractivity contribution in [1.82, 2.24) is 10.6 Å². The van der Waals surface area contributed by atoms with E-state index < -0.39 is 5.60 Å². The number of nitrogens with one attached hydrogen (secondary N) is 2. The Morgan fingerprint density at radius 2 is 1.68 bits per heavy atom. The zero-order valence-corrected chi connectivity index (χ0v) is 14.8. The number of rotatable bonds is 4. The van der Waals surface area contributed by atoms with E-state index >= 15 is 0 Å². The molecule has 0 aromatic carbocycles. The third kappa shape index (κ3) is 5.79. The third-order valence-electron chi connectivity index (χ3n) is 5.00. The van der Waals surface area contributed by atoms with Gasteiger partial charge in [-0.25, -0.2) is 4.79 Å². The van der Waals surface area contributed by atoms with Crippen molar-refractivity contribution in [3.63, 3.8) is 0 Å². The van der Waals surface area contributed by atoms with Crippen LogP contribution in [0.4, 0.5) is 4.79 Å². The second kappa shape index (κ2) is 7.67. The first kappa shape index (κ1) is 17.6. The number of ether oxygens (including phenoxy) is 1. The molecule has 0 bridgehead atoms. The summed E-state index contributed by atoms with van der Waals surface area (Å²) >= 11 is 0. The second-order valence-corrected chi connectivity index (χ2v) is 8.21. The van der Waals surface area contributed by atoms with Crippen LogP contribution in [0.5, 0.6) is 0 Å². The van der Waals surface area contributed by atoms with E-state index in [-0.39, 0.29) is 12.1 Å². The highest BCUT2D eigenvalue weighted by Gasteiger charge is 2.28. The van der Waals surface area contributed by atoms with E-state index in [1.54, 1.807) is 0 Å². The van der Waals surface area contributed by atoms with Crippen molar-refractivity contribution in [2.24, 2.45) is 5.92 Å². The summed E-state index contributed by atoms with van der Waals surface area (Å²) in [6, 6.07) is 1.38. The molecule has 2 rings (SSSR count). The fourth-order valence-electron chi connectivity index (χ4n) is 3.91. The van der Waals surface area contributed by atoms with Crippen molar-refractivity contribution in [3.8, 4) is 0 Å². The predicted octanol–water partition coefficient (Wildman–Crippen LogP) is 3.99. The highest BCUT2D eigenvalue weighted by molar-refractivity contribution is 5.68. The van der Waals surface area contributed by atoms with Gasteiger partial charge in [-0.3, -0.25) is 0 Å². The third-order valence-corrected chi connectivity index (χ3v) is 5.00. The van der Waals surface area contributed by atoms with Gasteiger partial charge in [-0.2, -0.15) is 0 Å². The van der Waals surface area contributed by atoms with Crippen LogP contribution in [0, 0.1) is 5.92 Å². The predicted molar refractivity (Wildman–Crippen MR) is 90.0 cm³/mol. The van der Waals surface area contributed by atoms with Crippen molar-refractivity contribution in [2.45, 2.75) is 103 Å². The molecule has 4 nitrogen and oxygen atoms in total. The molecule has 3 atom stereocenters. The quantitative estimate of drug-likeness (QED) is 0.825. The van der Waals surface area contributed by atoms with Gasteiger partial charge in [0, 0.05) is 18.1 Å². The molecule has 0 radical (unpaired) electrons. The lowest BCUT2D eigenvalue weighted by Crippen LogP contribution is -2.48. The summed E-state index contributed by atoms with van der Waals surface area (Å²) in [5, 5.41) is 6.87. The van der Waals surface area contributed by atoms with Gasteiger partial charge in [0.15, 0.2) is 0 Å². The maximum absolute atomic E-state index is 11.9. The maximum atomic E-state index is 11.9. The van der Waals surface area contributed by atoms with Crippen molar-refractivity contribution >= 4 is 6.09 Å². The SMILES string of the molecule is C[C@H](NC1CCCC(NC(=O)OC(C)(C)C)C1)C1CCCC1. The van der Waals surface area contributed by atoms with Crippen molar-refractivity contribution in [2.75, 3.05) is 0 Å². The Morgan fingerprint density at radius 1 is 1.05 bits per heavy atom. The zero-order chi connectivity index (χ0) is 16.2. The molecule has 1 amide bonds. The molecule has 2 saturated carbocycles. The van der Waals surface area contributed by atoms with Gasteiger partial charge >= 0.3 is 6.09 Å². The number of carbonyl (C=O) groups is 1. The average Bonchev–Trinajstić information content (AvgIpc) is 2.90. The molecule has 22 heavy (non-hydrogen) atoms. The van der Waals surface area contributed by atoms with Crippen molar-refractivity contribution in [1.29, 1.82) is 0 Å². The summed E-state index contributed by atoms with van der Waals surface area (Å²) in [6.45, 7) is 8.05. The standard InChI is InChI=1S/C18H34N2O2/c1-13(14-8-5-6-9-14)19-15-10-7-11-16(12-15)20-17(21)22-18(2,3)4/h13-16,19H,5-12H2,1-4H3,(H,20,21)/t13-,15?,16?/m0/s1. The molecule has 2 N–H and O–H groups in total. The van der Waals surface area contributed by atoms with E-state index in [1.807, 2.05) is 20.8 Å². The van der Waals surface area contributed by atoms with Crippen LogP contribution in [-0.4, -0.2) is 29.8 Å². The van der Waals surface area contributed by atoms with Gasteiger partial charge in [-0.15, -0.1) is 0 Å².